The zero-order valence-electron chi connectivity index (χ0n) is 17.7. The normalized spacial score (nSPS) is 17.7. The van der Waals surface area contributed by atoms with Gasteiger partial charge in [0, 0.05) is 24.3 Å². The van der Waals surface area contributed by atoms with Gasteiger partial charge in [-0.05, 0) is 73.3 Å². The van der Waals surface area contributed by atoms with Gasteiger partial charge in [-0.2, -0.15) is 0 Å². The van der Waals surface area contributed by atoms with Crippen LogP contribution in [0.1, 0.15) is 49.2 Å². The van der Waals surface area contributed by atoms with Crippen molar-refractivity contribution in [3.05, 3.63) is 59.8 Å². The quantitative estimate of drug-likeness (QED) is 0.585. The van der Waals surface area contributed by atoms with Crippen LogP contribution in [-0.2, 0) is 9.53 Å². The average molecular weight is 437 g/mol. The van der Waals surface area contributed by atoms with Crippen molar-refractivity contribution in [2.75, 3.05) is 16.8 Å². The number of hydrogen-bond donors (Lipinski definition) is 1. The molecule has 2 aromatic carbocycles. The number of benzene rings is 2. The van der Waals surface area contributed by atoms with Crippen molar-refractivity contribution >= 4 is 34.8 Å². The molecule has 0 saturated heterocycles. The molecule has 1 amide bonds. The standard InChI is InChI=1S/C23H24N4O3S/c1-4-30-23(29)17-7-10-21-19(12-17)20(11-14(2)27(21)15(3)28)25-18-8-5-16(6-9-18)22-13-24-26-31-22/h5-10,12-14,20,25H,4,11H2,1-3H3/t14-,20+/m0/s1. The zero-order chi connectivity index (χ0) is 22.0. The summed E-state index contributed by atoms with van der Waals surface area (Å²) >= 11 is 1.36. The van der Waals surface area contributed by atoms with Crippen molar-refractivity contribution in [3.8, 4) is 10.4 Å². The van der Waals surface area contributed by atoms with Gasteiger partial charge in [0.1, 0.15) is 0 Å². The van der Waals surface area contributed by atoms with E-state index >= 15 is 0 Å². The largest absolute Gasteiger partial charge is 0.462 e. The number of nitrogens with one attached hydrogen (secondary N) is 1. The fourth-order valence-corrected chi connectivity index (χ4v) is 4.57. The van der Waals surface area contributed by atoms with Gasteiger partial charge < -0.3 is 15.0 Å². The van der Waals surface area contributed by atoms with Gasteiger partial charge in [-0.1, -0.05) is 16.6 Å². The smallest absolute Gasteiger partial charge is 0.338 e. The molecule has 0 spiro atoms. The molecular formula is C23H24N4O3S. The Morgan fingerprint density at radius 2 is 2.00 bits per heavy atom. The first-order valence-electron chi connectivity index (χ1n) is 10.2. The van der Waals surface area contributed by atoms with Gasteiger partial charge in [-0.15, -0.1) is 5.10 Å². The third kappa shape index (κ3) is 4.29. The predicted octanol–water partition coefficient (Wildman–Crippen LogP) is 4.68. The highest BCUT2D eigenvalue weighted by molar-refractivity contribution is 7.09. The van der Waals surface area contributed by atoms with Crippen LogP contribution in [0, 0.1) is 0 Å². The molecule has 2 atom stereocenters. The molecule has 0 radical (unpaired) electrons. The molecule has 0 fully saturated rings. The van der Waals surface area contributed by atoms with Crippen LogP contribution >= 0.6 is 11.5 Å². The second kappa shape index (κ2) is 8.85. The third-order valence-electron chi connectivity index (χ3n) is 5.40. The van der Waals surface area contributed by atoms with Crippen molar-refractivity contribution < 1.29 is 14.3 Å². The average Bonchev–Trinajstić information content (AvgIpc) is 3.29. The number of fused-ring (bicyclic) bond motifs is 1. The number of aromatic nitrogens is 2. The monoisotopic (exact) mass is 436 g/mol. The van der Waals surface area contributed by atoms with Crippen LogP contribution in [0.15, 0.2) is 48.7 Å². The highest BCUT2D eigenvalue weighted by Crippen LogP contribution is 2.40. The number of ether oxygens (including phenoxy) is 1. The summed E-state index contributed by atoms with van der Waals surface area (Å²) in [5.74, 6) is -0.377. The summed E-state index contributed by atoms with van der Waals surface area (Å²) in [7, 11) is 0. The van der Waals surface area contributed by atoms with E-state index in [1.807, 2.05) is 43.3 Å². The molecule has 0 saturated carbocycles. The Morgan fingerprint density at radius 3 is 2.65 bits per heavy atom. The minimum absolute atomic E-state index is 0.0152. The first-order chi connectivity index (χ1) is 15.0. The summed E-state index contributed by atoms with van der Waals surface area (Å²) in [5, 5.41) is 7.47. The molecule has 8 heteroatoms. The Bertz CT molecular complexity index is 1080. The molecule has 1 N–H and O–H groups in total. The van der Waals surface area contributed by atoms with Crippen LogP contribution in [0.25, 0.3) is 10.4 Å². The number of amides is 1. The Hall–Kier alpha value is -3.26. The summed E-state index contributed by atoms with van der Waals surface area (Å²) in [6, 6.07) is 13.5. The number of anilines is 2. The maximum absolute atomic E-state index is 12.3. The van der Waals surface area contributed by atoms with Gasteiger partial charge in [0.25, 0.3) is 0 Å². The second-order valence-electron chi connectivity index (χ2n) is 7.52. The first kappa shape index (κ1) is 21.0. The Morgan fingerprint density at radius 1 is 1.23 bits per heavy atom. The molecule has 4 rings (SSSR count). The molecule has 3 aromatic rings. The number of esters is 1. The number of hydrogen-bond acceptors (Lipinski definition) is 7. The summed E-state index contributed by atoms with van der Waals surface area (Å²) in [5.41, 5.74) is 4.24. The zero-order valence-corrected chi connectivity index (χ0v) is 18.5. The van der Waals surface area contributed by atoms with E-state index in [2.05, 4.69) is 14.9 Å². The Kier molecular flexibility index (Phi) is 5.99. The lowest BCUT2D eigenvalue weighted by molar-refractivity contribution is -0.117. The van der Waals surface area contributed by atoms with E-state index < -0.39 is 0 Å². The lowest BCUT2D eigenvalue weighted by Crippen LogP contribution is -2.43. The maximum Gasteiger partial charge on any atom is 0.338 e. The topological polar surface area (TPSA) is 84.4 Å². The predicted molar refractivity (Wildman–Crippen MR) is 121 cm³/mol. The second-order valence-corrected chi connectivity index (χ2v) is 8.31. The molecule has 1 aliphatic heterocycles. The van der Waals surface area contributed by atoms with Gasteiger partial charge in [-0.25, -0.2) is 4.79 Å². The number of carbonyl (C=O) groups is 2. The molecule has 0 bridgehead atoms. The van der Waals surface area contributed by atoms with E-state index in [1.165, 1.54) is 11.5 Å². The fourth-order valence-electron chi connectivity index (χ4n) is 4.05. The summed E-state index contributed by atoms with van der Waals surface area (Å²) in [6.45, 7) is 5.71. The number of carbonyl (C=O) groups excluding carboxylic acids is 2. The number of rotatable bonds is 5. The number of nitrogens with zero attached hydrogens (tertiary/aromatic N) is 3. The SMILES string of the molecule is CCOC(=O)c1ccc2c(c1)[C@H](Nc1ccc(-c3cnns3)cc1)C[C@H](C)N2C(C)=O. The molecule has 160 valence electrons. The fraction of sp³-hybridized carbons (Fsp3) is 0.304. The minimum Gasteiger partial charge on any atom is -0.462 e. The molecular weight excluding hydrogens is 412 g/mol. The molecule has 0 unspecified atom stereocenters. The van der Waals surface area contributed by atoms with E-state index in [4.69, 9.17) is 4.74 Å². The van der Waals surface area contributed by atoms with Gasteiger partial charge in [0.05, 0.1) is 29.3 Å². The van der Waals surface area contributed by atoms with E-state index in [1.54, 1.807) is 31.0 Å². The van der Waals surface area contributed by atoms with Crippen LogP contribution in [-0.4, -0.2) is 34.1 Å². The Labute approximate surface area is 185 Å². The van der Waals surface area contributed by atoms with Crippen LogP contribution in [0.2, 0.25) is 0 Å². The van der Waals surface area contributed by atoms with Gasteiger partial charge in [-0.3, -0.25) is 4.79 Å². The Balaban J connectivity index is 1.66. The van der Waals surface area contributed by atoms with Gasteiger partial charge in [0.15, 0.2) is 0 Å². The third-order valence-corrected chi connectivity index (χ3v) is 6.12. The molecule has 0 aliphatic carbocycles. The molecule has 7 nitrogen and oxygen atoms in total. The van der Waals surface area contributed by atoms with Crippen LogP contribution in [0.5, 0.6) is 0 Å². The lowest BCUT2D eigenvalue weighted by Gasteiger charge is -2.39. The minimum atomic E-state index is -0.362. The summed E-state index contributed by atoms with van der Waals surface area (Å²) < 4.78 is 9.08. The van der Waals surface area contributed by atoms with E-state index in [9.17, 15) is 9.59 Å². The molecule has 1 aromatic heterocycles. The van der Waals surface area contributed by atoms with Crippen LogP contribution < -0.4 is 10.2 Å². The van der Waals surface area contributed by atoms with Crippen molar-refractivity contribution in [3.63, 3.8) is 0 Å². The van der Waals surface area contributed by atoms with Crippen molar-refractivity contribution in [1.29, 1.82) is 0 Å². The molecule has 31 heavy (non-hydrogen) atoms. The van der Waals surface area contributed by atoms with Gasteiger partial charge >= 0.3 is 5.97 Å². The summed E-state index contributed by atoms with van der Waals surface area (Å²) in [4.78, 5) is 27.4. The van der Waals surface area contributed by atoms with Crippen LogP contribution in [0.3, 0.4) is 0 Å². The van der Waals surface area contributed by atoms with E-state index in [0.29, 0.717) is 12.2 Å². The lowest BCUT2D eigenvalue weighted by atomic mass is 9.90. The first-order valence-corrected chi connectivity index (χ1v) is 11.0. The van der Waals surface area contributed by atoms with E-state index in [0.717, 1.165) is 33.8 Å². The van der Waals surface area contributed by atoms with E-state index in [-0.39, 0.29) is 24.0 Å². The summed E-state index contributed by atoms with van der Waals surface area (Å²) in [6.07, 6.45) is 2.47. The van der Waals surface area contributed by atoms with Gasteiger partial charge in [0.2, 0.25) is 5.91 Å². The van der Waals surface area contributed by atoms with Crippen LogP contribution in [0.4, 0.5) is 11.4 Å². The van der Waals surface area contributed by atoms with Crippen molar-refractivity contribution in [2.45, 2.75) is 39.3 Å². The van der Waals surface area contributed by atoms with Crippen molar-refractivity contribution in [1.82, 2.24) is 9.59 Å². The maximum atomic E-state index is 12.3. The molecule has 2 heterocycles. The highest BCUT2D eigenvalue weighted by atomic mass is 32.1. The van der Waals surface area contributed by atoms with Crippen molar-refractivity contribution in [2.24, 2.45) is 0 Å². The highest BCUT2D eigenvalue weighted by Gasteiger charge is 2.33. The molecule has 1 aliphatic rings.